The molecular weight excluding hydrogens is 913 g/mol. The van der Waals surface area contributed by atoms with E-state index in [0.717, 1.165) is 101 Å². The van der Waals surface area contributed by atoms with Gasteiger partial charge < -0.3 is 29.5 Å². The van der Waals surface area contributed by atoms with Crippen LogP contribution < -0.4 is 19.3 Å². The van der Waals surface area contributed by atoms with Gasteiger partial charge in [0.25, 0.3) is 0 Å². The van der Waals surface area contributed by atoms with Gasteiger partial charge >= 0.3 is 0 Å². The van der Waals surface area contributed by atoms with E-state index in [1.165, 1.54) is 0 Å². The number of anilines is 2. The lowest BCUT2D eigenvalue weighted by Crippen LogP contribution is -2.17. The summed E-state index contributed by atoms with van der Waals surface area (Å²) in [4.78, 5) is 13.8. The van der Waals surface area contributed by atoms with Gasteiger partial charge in [0.2, 0.25) is 0 Å². The van der Waals surface area contributed by atoms with E-state index < -0.39 is 0 Å². The molecule has 0 atom stereocenters. The summed E-state index contributed by atoms with van der Waals surface area (Å²) in [6, 6.07) is 34.5. The van der Waals surface area contributed by atoms with Crippen LogP contribution in [0.25, 0.3) is 0 Å². The predicted octanol–water partition coefficient (Wildman–Crippen LogP) is 14.1. The second-order valence-electron chi connectivity index (χ2n) is 25.0. The van der Waals surface area contributed by atoms with Crippen molar-refractivity contribution in [2.45, 2.75) is 130 Å². The van der Waals surface area contributed by atoms with Crippen molar-refractivity contribution in [1.82, 2.24) is 0 Å². The molecule has 0 aliphatic heterocycles. The average molecular weight is 997 g/mol. The van der Waals surface area contributed by atoms with Crippen LogP contribution in [0.5, 0.6) is 23.0 Å². The molecule has 74 heavy (non-hydrogen) atoms. The van der Waals surface area contributed by atoms with E-state index in [2.05, 4.69) is 190 Å². The van der Waals surface area contributed by atoms with E-state index in [4.69, 9.17) is 19.5 Å². The van der Waals surface area contributed by atoms with Crippen LogP contribution in [0.15, 0.2) is 107 Å². The van der Waals surface area contributed by atoms with Crippen molar-refractivity contribution >= 4 is 23.8 Å². The standard InChI is InChI=1S/C66H84N4O4/c1-63(2,3)53-33-45-29-49-37-55(65(7,8)9)39-51(61(49)73-27-25-67-41-43-17-21-57(22-18-43)69(13)14)31-47-35-54(64(4,5)6)36-48(60(47)72)32-52-40-56(66(10,11)12)38-50(30-46(34-53)59(45)71)62(52)74-28-26-68-42-44-19-23-58(24-20-44)70(15)16/h17-24,33-42,71-72H,25-32H2,1-16H3. The lowest BCUT2D eigenvalue weighted by molar-refractivity contribution is 0.322. The molecule has 6 aromatic rings. The number of phenols is 2. The summed E-state index contributed by atoms with van der Waals surface area (Å²) in [5.41, 5.74) is 15.4. The molecule has 0 fully saturated rings. The zero-order valence-corrected chi connectivity index (χ0v) is 47.5. The van der Waals surface area contributed by atoms with Crippen molar-refractivity contribution in [3.63, 3.8) is 0 Å². The van der Waals surface area contributed by atoms with Gasteiger partial charge in [0, 0.05) is 77.7 Å². The fourth-order valence-corrected chi connectivity index (χ4v) is 9.47. The molecule has 2 N–H and O–H groups in total. The average Bonchev–Trinajstić information content (AvgIpc) is 3.31. The summed E-state index contributed by atoms with van der Waals surface area (Å²) < 4.78 is 13.9. The Balaban J connectivity index is 1.40. The molecule has 1 aliphatic carbocycles. The fourth-order valence-electron chi connectivity index (χ4n) is 9.47. The maximum Gasteiger partial charge on any atom is 0.126 e. The largest absolute Gasteiger partial charge is 0.507 e. The van der Waals surface area contributed by atoms with Crippen LogP contribution in [0.2, 0.25) is 0 Å². The molecule has 0 aromatic heterocycles. The van der Waals surface area contributed by atoms with E-state index in [1.54, 1.807) is 0 Å². The van der Waals surface area contributed by atoms with Crippen LogP contribution in [-0.2, 0) is 47.3 Å². The minimum absolute atomic E-state index is 0.205. The smallest absolute Gasteiger partial charge is 0.126 e. The Bertz CT molecular complexity index is 2690. The monoisotopic (exact) mass is 997 g/mol. The molecule has 392 valence electrons. The topological polar surface area (TPSA) is 90.1 Å². The molecule has 1 aliphatic rings. The zero-order valence-electron chi connectivity index (χ0n) is 47.5. The molecule has 0 saturated heterocycles. The summed E-state index contributed by atoms with van der Waals surface area (Å²) in [7, 11) is 8.15. The molecule has 0 unspecified atom stereocenters. The van der Waals surface area contributed by atoms with Crippen LogP contribution >= 0.6 is 0 Å². The summed E-state index contributed by atoms with van der Waals surface area (Å²) in [5.74, 6) is 2.09. The van der Waals surface area contributed by atoms with E-state index in [9.17, 15) is 10.2 Å². The Hall–Kier alpha value is -6.54. The number of rotatable bonds is 12. The number of hydrogen-bond acceptors (Lipinski definition) is 8. The third-order valence-corrected chi connectivity index (χ3v) is 14.2. The number of aromatic hydroxyl groups is 2. The van der Waals surface area contributed by atoms with E-state index in [-0.39, 0.29) is 33.2 Å². The minimum Gasteiger partial charge on any atom is -0.507 e. The van der Waals surface area contributed by atoms with Gasteiger partial charge in [-0.2, -0.15) is 0 Å². The highest BCUT2D eigenvalue weighted by Gasteiger charge is 2.28. The Morgan fingerprint density at radius 2 is 0.649 bits per heavy atom. The number of phenolic OH excluding ortho intramolecular Hbond substituents is 2. The highest BCUT2D eigenvalue weighted by molar-refractivity contribution is 5.81. The molecule has 8 heteroatoms. The molecule has 0 radical (unpaired) electrons. The zero-order chi connectivity index (χ0) is 53.9. The third kappa shape index (κ3) is 13.6. The molecule has 0 saturated carbocycles. The van der Waals surface area contributed by atoms with Crippen LogP contribution in [0.4, 0.5) is 11.4 Å². The number of ether oxygens (including phenoxy) is 2. The SMILES string of the molecule is CN(C)c1ccc(C=NCCOc2c3cc(C(C)(C)C)cc2Cc2cc(C(C)(C)C)cc(c2O)Cc2cc(C(C)(C)C)cc(c2OCCN=Cc2ccc(N(C)C)cc2)Cc2cc(C(C)(C)C)cc(c2O)C3)cc1. The quantitative estimate of drug-likeness (QED) is 0.0936. The third-order valence-electron chi connectivity index (χ3n) is 14.2. The van der Waals surface area contributed by atoms with Crippen LogP contribution in [0.3, 0.4) is 0 Å². The lowest BCUT2D eigenvalue weighted by Gasteiger charge is -2.28. The first-order valence-electron chi connectivity index (χ1n) is 26.5. The molecule has 6 aromatic carbocycles. The Labute approximate surface area is 444 Å². The Morgan fingerprint density at radius 1 is 0.405 bits per heavy atom. The predicted molar refractivity (Wildman–Crippen MR) is 313 cm³/mol. The second-order valence-corrected chi connectivity index (χ2v) is 25.0. The van der Waals surface area contributed by atoms with E-state index >= 15 is 0 Å². The number of aliphatic imine (C=N–C) groups is 2. The van der Waals surface area contributed by atoms with Crippen molar-refractivity contribution in [2.24, 2.45) is 9.98 Å². The molecule has 8 bridgehead atoms. The molecule has 8 nitrogen and oxygen atoms in total. The van der Waals surface area contributed by atoms with Crippen molar-refractivity contribution in [1.29, 1.82) is 0 Å². The van der Waals surface area contributed by atoms with E-state index in [1.807, 2.05) is 40.6 Å². The second kappa shape index (κ2) is 22.1. The Kier molecular flexibility index (Phi) is 16.5. The molecule has 7 rings (SSSR count). The fraction of sp³-hybridized carbons (Fsp3) is 0.424. The number of nitrogens with zero attached hydrogens (tertiary/aromatic N) is 4. The lowest BCUT2D eigenvalue weighted by atomic mass is 9.79. The maximum absolute atomic E-state index is 12.7. The molecule has 0 heterocycles. The summed E-state index contributed by atoms with van der Waals surface area (Å²) in [6.07, 6.45) is 5.54. The first kappa shape index (κ1) is 55.2. The van der Waals surface area contributed by atoms with Crippen molar-refractivity contribution in [2.75, 3.05) is 64.3 Å². The first-order valence-corrected chi connectivity index (χ1v) is 26.5. The van der Waals surface area contributed by atoms with Gasteiger partial charge in [0.1, 0.15) is 36.2 Å². The summed E-state index contributed by atoms with van der Waals surface area (Å²) in [6.45, 7) is 28.5. The van der Waals surface area contributed by atoms with Crippen molar-refractivity contribution in [3.05, 3.63) is 175 Å². The number of benzene rings is 6. The van der Waals surface area contributed by atoms with Crippen LogP contribution in [-0.4, -0.2) is 77.1 Å². The van der Waals surface area contributed by atoms with Gasteiger partial charge in [-0.1, -0.05) is 156 Å². The normalized spacial score (nSPS) is 13.4. The maximum atomic E-state index is 12.7. The minimum atomic E-state index is -0.214. The van der Waals surface area contributed by atoms with Crippen molar-refractivity contribution in [3.8, 4) is 23.0 Å². The number of hydrogen-bond donors (Lipinski definition) is 2. The van der Waals surface area contributed by atoms with Gasteiger partial charge in [0.05, 0.1) is 13.1 Å². The van der Waals surface area contributed by atoms with Crippen LogP contribution in [0.1, 0.15) is 161 Å². The van der Waals surface area contributed by atoms with Gasteiger partial charge in [-0.15, -0.1) is 0 Å². The van der Waals surface area contributed by atoms with Crippen molar-refractivity contribution < 1.29 is 19.7 Å². The molecule has 0 amide bonds. The molecule has 0 spiro atoms. The highest BCUT2D eigenvalue weighted by Crippen LogP contribution is 2.44. The number of fused-ring (bicyclic) bond motifs is 8. The van der Waals surface area contributed by atoms with Gasteiger partial charge in [-0.3, -0.25) is 9.98 Å². The Morgan fingerprint density at radius 3 is 0.878 bits per heavy atom. The molecular formula is C66H84N4O4. The summed E-state index contributed by atoms with van der Waals surface area (Å²) >= 11 is 0. The highest BCUT2D eigenvalue weighted by atomic mass is 16.5. The first-order chi connectivity index (χ1) is 34.6. The van der Waals surface area contributed by atoms with Crippen LogP contribution in [0, 0.1) is 0 Å². The van der Waals surface area contributed by atoms with Gasteiger partial charge in [-0.25, -0.2) is 0 Å². The summed E-state index contributed by atoms with van der Waals surface area (Å²) in [5, 5.41) is 25.5. The van der Waals surface area contributed by atoms with Gasteiger partial charge in [0.15, 0.2) is 0 Å². The van der Waals surface area contributed by atoms with Gasteiger partial charge in [-0.05, 0) is 124 Å². The van der Waals surface area contributed by atoms with E-state index in [0.29, 0.717) is 52.0 Å².